The van der Waals surface area contributed by atoms with E-state index in [-0.39, 0.29) is 0 Å². The summed E-state index contributed by atoms with van der Waals surface area (Å²) in [5.41, 5.74) is 9.21. The zero-order chi connectivity index (χ0) is 15.0. The predicted octanol–water partition coefficient (Wildman–Crippen LogP) is 5.74. The first-order chi connectivity index (χ1) is 10.0. The van der Waals surface area contributed by atoms with Gasteiger partial charge in [-0.05, 0) is 52.3 Å². The summed E-state index contributed by atoms with van der Waals surface area (Å²) in [6.07, 6.45) is 1.65. The first-order valence-corrected chi connectivity index (χ1v) is 8.07. The molecule has 0 fully saturated rings. The van der Waals surface area contributed by atoms with E-state index in [1.54, 1.807) is 6.20 Å². The van der Waals surface area contributed by atoms with Gasteiger partial charge >= 0.3 is 0 Å². The number of aromatic nitrogens is 1. The topological polar surface area (TPSA) is 50.9 Å². The zero-order valence-corrected chi connectivity index (χ0v) is 14.6. The van der Waals surface area contributed by atoms with Crippen LogP contribution < -0.4 is 11.1 Å². The summed E-state index contributed by atoms with van der Waals surface area (Å²) in [6, 6.07) is 11.5. The molecule has 106 valence electrons. The Morgan fingerprint density at radius 1 is 1.10 bits per heavy atom. The van der Waals surface area contributed by atoms with Crippen molar-refractivity contribution in [2.45, 2.75) is 0 Å². The number of hydrogen-bond acceptors (Lipinski definition) is 3. The Labute approximate surface area is 143 Å². The third-order valence-corrected chi connectivity index (χ3v) is 4.77. The van der Waals surface area contributed by atoms with E-state index in [1.165, 1.54) is 0 Å². The van der Waals surface area contributed by atoms with E-state index in [1.807, 2.05) is 36.4 Å². The van der Waals surface area contributed by atoms with Crippen molar-refractivity contribution in [2.75, 3.05) is 11.1 Å². The molecule has 0 bridgehead atoms. The molecule has 0 saturated heterocycles. The smallest absolute Gasteiger partial charge is 0.0746 e. The molecule has 0 amide bonds. The lowest BCUT2D eigenvalue weighted by Gasteiger charge is -2.13. The standard InChI is InChI=1S/C15H10Br2ClN3/c16-8-1-4-14-10(5-8)15(13(19)7-20-14)21-9-2-3-11(17)12(18)6-9/h1-7H,19H2,(H,20,21). The molecule has 2 aromatic carbocycles. The maximum Gasteiger partial charge on any atom is 0.0746 e. The summed E-state index contributed by atoms with van der Waals surface area (Å²) in [4.78, 5) is 4.34. The molecule has 3 nitrogen and oxygen atoms in total. The van der Waals surface area contributed by atoms with Crippen LogP contribution in [0.15, 0.2) is 51.5 Å². The van der Waals surface area contributed by atoms with Crippen LogP contribution in [0.5, 0.6) is 0 Å². The van der Waals surface area contributed by atoms with Gasteiger partial charge in [0, 0.05) is 20.0 Å². The van der Waals surface area contributed by atoms with Gasteiger partial charge < -0.3 is 11.1 Å². The summed E-state index contributed by atoms with van der Waals surface area (Å²) in [7, 11) is 0. The Kier molecular flexibility index (Phi) is 4.06. The minimum atomic E-state index is 0.583. The molecule has 0 aliphatic rings. The number of nitrogens with zero attached hydrogens (tertiary/aromatic N) is 1. The lowest BCUT2D eigenvalue weighted by molar-refractivity contribution is 1.40. The molecule has 0 unspecified atom stereocenters. The van der Waals surface area contributed by atoms with Gasteiger partial charge in [-0.1, -0.05) is 27.5 Å². The Morgan fingerprint density at radius 2 is 1.90 bits per heavy atom. The van der Waals surface area contributed by atoms with Crippen LogP contribution in [-0.2, 0) is 0 Å². The van der Waals surface area contributed by atoms with Crippen molar-refractivity contribution < 1.29 is 0 Å². The monoisotopic (exact) mass is 425 g/mol. The highest BCUT2D eigenvalue weighted by Crippen LogP contribution is 2.34. The van der Waals surface area contributed by atoms with Crippen molar-refractivity contribution in [2.24, 2.45) is 0 Å². The number of nitrogen functional groups attached to an aromatic ring is 1. The van der Waals surface area contributed by atoms with Crippen molar-refractivity contribution >= 4 is 71.4 Å². The van der Waals surface area contributed by atoms with Gasteiger partial charge in [0.1, 0.15) is 0 Å². The number of hydrogen-bond donors (Lipinski definition) is 2. The predicted molar refractivity (Wildman–Crippen MR) is 96.3 cm³/mol. The van der Waals surface area contributed by atoms with Gasteiger partial charge in [0.25, 0.3) is 0 Å². The average molecular weight is 428 g/mol. The fourth-order valence-corrected chi connectivity index (χ4v) is 2.83. The normalized spacial score (nSPS) is 10.8. The van der Waals surface area contributed by atoms with Gasteiger partial charge in [-0.3, -0.25) is 4.98 Å². The number of halogens is 3. The third kappa shape index (κ3) is 3.00. The first-order valence-electron chi connectivity index (χ1n) is 6.10. The molecular weight excluding hydrogens is 417 g/mol. The van der Waals surface area contributed by atoms with E-state index in [4.69, 9.17) is 17.3 Å². The third-order valence-electron chi connectivity index (χ3n) is 3.05. The van der Waals surface area contributed by atoms with Crippen LogP contribution in [0.1, 0.15) is 0 Å². The molecule has 6 heteroatoms. The quantitative estimate of drug-likeness (QED) is 0.548. The second-order valence-corrected chi connectivity index (χ2v) is 6.68. The van der Waals surface area contributed by atoms with E-state index in [0.717, 1.165) is 31.2 Å². The summed E-state index contributed by atoms with van der Waals surface area (Å²) in [6.45, 7) is 0. The molecule has 0 aliphatic carbocycles. The highest BCUT2D eigenvalue weighted by Gasteiger charge is 2.08. The van der Waals surface area contributed by atoms with E-state index >= 15 is 0 Å². The summed E-state index contributed by atoms with van der Waals surface area (Å²) in [5, 5.41) is 4.90. The summed E-state index contributed by atoms with van der Waals surface area (Å²) >= 11 is 13.0. The lowest BCUT2D eigenvalue weighted by Crippen LogP contribution is -1.99. The molecule has 21 heavy (non-hydrogen) atoms. The number of nitrogens with two attached hydrogens (primary N) is 1. The molecule has 0 saturated carbocycles. The van der Waals surface area contributed by atoms with Gasteiger partial charge in [-0.15, -0.1) is 0 Å². The number of rotatable bonds is 2. The molecule has 0 spiro atoms. The van der Waals surface area contributed by atoms with E-state index in [9.17, 15) is 0 Å². The number of nitrogens with one attached hydrogen (secondary N) is 1. The number of benzene rings is 2. The van der Waals surface area contributed by atoms with Crippen LogP contribution in [0.25, 0.3) is 10.9 Å². The van der Waals surface area contributed by atoms with Crippen LogP contribution in [0.4, 0.5) is 17.1 Å². The maximum atomic E-state index is 6.13. The van der Waals surface area contributed by atoms with Crippen molar-refractivity contribution in [3.8, 4) is 0 Å². The molecule has 3 aromatic rings. The summed E-state index contributed by atoms with van der Waals surface area (Å²) in [5.74, 6) is 0. The molecule has 0 atom stereocenters. The minimum Gasteiger partial charge on any atom is -0.396 e. The zero-order valence-electron chi connectivity index (χ0n) is 10.7. The van der Waals surface area contributed by atoms with Crippen LogP contribution in [-0.4, -0.2) is 4.98 Å². The van der Waals surface area contributed by atoms with Crippen LogP contribution in [0.3, 0.4) is 0 Å². The fraction of sp³-hybridized carbons (Fsp3) is 0. The first kappa shape index (κ1) is 14.6. The number of anilines is 3. The Hall–Kier alpha value is -1.30. The maximum absolute atomic E-state index is 6.13. The van der Waals surface area contributed by atoms with E-state index in [0.29, 0.717) is 10.7 Å². The van der Waals surface area contributed by atoms with Crippen LogP contribution >= 0.6 is 43.5 Å². The molecule has 0 radical (unpaired) electrons. The SMILES string of the molecule is Nc1cnc2ccc(Br)cc2c1Nc1ccc(Br)c(Cl)c1. The van der Waals surface area contributed by atoms with Gasteiger partial charge in [0.05, 0.1) is 28.1 Å². The van der Waals surface area contributed by atoms with Crippen molar-refractivity contribution in [1.29, 1.82) is 0 Å². The van der Waals surface area contributed by atoms with E-state index in [2.05, 4.69) is 42.2 Å². The second-order valence-electron chi connectivity index (χ2n) is 4.50. The molecule has 1 aromatic heterocycles. The fourth-order valence-electron chi connectivity index (χ4n) is 2.04. The number of fused-ring (bicyclic) bond motifs is 1. The Bertz CT molecular complexity index is 831. The number of pyridine rings is 1. The van der Waals surface area contributed by atoms with E-state index < -0.39 is 0 Å². The van der Waals surface area contributed by atoms with Crippen molar-refractivity contribution in [1.82, 2.24) is 4.98 Å². The van der Waals surface area contributed by atoms with Crippen LogP contribution in [0.2, 0.25) is 5.02 Å². The van der Waals surface area contributed by atoms with Gasteiger partial charge in [0.2, 0.25) is 0 Å². The molecule has 1 heterocycles. The highest BCUT2D eigenvalue weighted by molar-refractivity contribution is 9.10. The van der Waals surface area contributed by atoms with Gasteiger partial charge in [0.15, 0.2) is 0 Å². The second kappa shape index (κ2) is 5.83. The molecule has 3 N–H and O–H groups in total. The van der Waals surface area contributed by atoms with Crippen molar-refractivity contribution in [3.63, 3.8) is 0 Å². The minimum absolute atomic E-state index is 0.583. The van der Waals surface area contributed by atoms with Crippen molar-refractivity contribution in [3.05, 3.63) is 56.6 Å². The molecular formula is C15H10Br2ClN3. The highest BCUT2D eigenvalue weighted by atomic mass is 79.9. The van der Waals surface area contributed by atoms with Gasteiger partial charge in [-0.25, -0.2) is 0 Å². The molecule has 3 rings (SSSR count). The molecule has 0 aliphatic heterocycles. The lowest BCUT2D eigenvalue weighted by atomic mass is 10.1. The Morgan fingerprint density at radius 3 is 2.67 bits per heavy atom. The van der Waals surface area contributed by atoms with Gasteiger partial charge in [-0.2, -0.15) is 0 Å². The van der Waals surface area contributed by atoms with Crippen LogP contribution in [0, 0.1) is 0 Å². The average Bonchev–Trinajstić information content (AvgIpc) is 2.46. The Balaban J connectivity index is 2.12. The summed E-state index contributed by atoms with van der Waals surface area (Å²) < 4.78 is 1.82. The largest absolute Gasteiger partial charge is 0.396 e.